The zero-order valence-electron chi connectivity index (χ0n) is 12.6. The lowest BCUT2D eigenvalue weighted by Gasteiger charge is -2.27. The Morgan fingerprint density at radius 1 is 1.62 bits per heavy atom. The molecule has 0 radical (unpaired) electrons. The second kappa shape index (κ2) is 6.65. The van der Waals surface area contributed by atoms with Crippen LogP contribution >= 0.6 is 11.8 Å². The summed E-state index contributed by atoms with van der Waals surface area (Å²) < 4.78 is 6.71. The van der Waals surface area contributed by atoms with Crippen LogP contribution in [0.2, 0.25) is 0 Å². The average Bonchev–Trinajstić information content (AvgIpc) is 3.00. The standard InChI is InChI=1S/C13H22N4O3S/c1-4-14-13(10(18)20-5-2)7-6-9(8-13)21-12-16-15-11(19)17(12)3/h9,14H,4-8H2,1-3H3,(H,15,19). The first-order chi connectivity index (χ1) is 10.0. The van der Waals surface area contributed by atoms with E-state index in [2.05, 4.69) is 15.5 Å². The predicted molar refractivity (Wildman–Crippen MR) is 80.4 cm³/mol. The molecule has 1 heterocycles. The van der Waals surface area contributed by atoms with Crippen LogP contribution in [0, 0.1) is 0 Å². The number of carbonyl (C=O) groups excluding carboxylic acids is 1. The number of aromatic amines is 1. The molecule has 0 amide bonds. The molecule has 2 unspecified atom stereocenters. The number of ether oxygens (including phenoxy) is 1. The number of rotatable bonds is 6. The zero-order valence-corrected chi connectivity index (χ0v) is 13.5. The zero-order chi connectivity index (χ0) is 15.5. The van der Waals surface area contributed by atoms with Gasteiger partial charge in [-0.25, -0.2) is 9.89 Å². The van der Waals surface area contributed by atoms with Crippen LogP contribution in [0.3, 0.4) is 0 Å². The van der Waals surface area contributed by atoms with Gasteiger partial charge in [-0.1, -0.05) is 18.7 Å². The van der Waals surface area contributed by atoms with Gasteiger partial charge >= 0.3 is 11.7 Å². The number of likely N-dealkylation sites (N-methyl/N-ethyl adjacent to an activating group) is 1. The highest BCUT2D eigenvalue weighted by Crippen LogP contribution is 2.40. The Morgan fingerprint density at radius 3 is 2.95 bits per heavy atom. The number of thioether (sulfide) groups is 1. The van der Waals surface area contributed by atoms with Crippen LogP contribution in [0.4, 0.5) is 0 Å². The van der Waals surface area contributed by atoms with Crippen LogP contribution in [-0.2, 0) is 16.6 Å². The molecule has 1 fully saturated rings. The maximum absolute atomic E-state index is 12.3. The van der Waals surface area contributed by atoms with Gasteiger partial charge in [-0.15, -0.1) is 5.10 Å². The van der Waals surface area contributed by atoms with Crippen molar-refractivity contribution in [2.75, 3.05) is 13.2 Å². The van der Waals surface area contributed by atoms with Crippen LogP contribution in [0.1, 0.15) is 33.1 Å². The number of aromatic nitrogens is 3. The highest BCUT2D eigenvalue weighted by Gasteiger charge is 2.46. The minimum Gasteiger partial charge on any atom is -0.465 e. The molecule has 0 aromatic carbocycles. The third-order valence-electron chi connectivity index (χ3n) is 3.76. The lowest BCUT2D eigenvalue weighted by atomic mass is 9.98. The first kappa shape index (κ1) is 16.1. The van der Waals surface area contributed by atoms with E-state index in [0.29, 0.717) is 18.2 Å². The molecule has 21 heavy (non-hydrogen) atoms. The van der Waals surface area contributed by atoms with Crippen molar-refractivity contribution < 1.29 is 9.53 Å². The van der Waals surface area contributed by atoms with Gasteiger partial charge in [-0.2, -0.15) is 0 Å². The van der Waals surface area contributed by atoms with Gasteiger partial charge in [0.25, 0.3) is 0 Å². The van der Waals surface area contributed by atoms with E-state index in [9.17, 15) is 9.59 Å². The smallest absolute Gasteiger partial charge is 0.343 e. The first-order valence-corrected chi connectivity index (χ1v) is 8.10. The van der Waals surface area contributed by atoms with Crippen LogP contribution < -0.4 is 11.0 Å². The van der Waals surface area contributed by atoms with E-state index in [1.807, 2.05) is 13.8 Å². The number of nitrogens with one attached hydrogen (secondary N) is 2. The molecule has 1 aromatic heterocycles. The molecule has 8 heteroatoms. The number of esters is 1. The van der Waals surface area contributed by atoms with E-state index < -0.39 is 5.54 Å². The molecular weight excluding hydrogens is 292 g/mol. The number of nitrogens with zero attached hydrogens (tertiary/aromatic N) is 2. The van der Waals surface area contributed by atoms with Crippen molar-refractivity contribution >= 4 is 17.7 Å². The fourth-order valence-corrected chi connectivity index (χ4v) is 3.95. The summed E-state index contributed by atoms with van der Waals surface area (Å²) in [6, 6.07) is 0. The fraction of sp³-hybridized carbons (Fsp3) is 0.769. The molecule has 1 saturated carbocycles. The molecule has 118 valence electrons. The van der Waals surface area contributed by atoms with Crippen molar-refractivity contribution in [2.24, 2.45) is 7.05 Å². The van der Waals surface area contributed by atoms with Gasteiger partial charge in [0.1, 0.15) is 5.54 Å². The molecule has 0 aliphatic heterocycles. The van der Waals surface area contributed by atoms with Crippen molar-refractivity contribution in [3.8, 4) is 0 Å². The summed E-state index contributed by atoms with van der Waals surface area (Å²) >= 11 is 1.54. The SMILES string of the molecule is CCNC1(C(=O)OCC)CCC(Sc2n[nH]c(=O)n2C)C1. The number of hydrogen-bond acceptors (Lipinski definition) is 6. The third kappa shape index (κ3) is 3.32. The summed E-state index contributed by atoms with van der Waals surface area (Å²) in [6.45, 7) is 4.91. The summed E-state index contributed by atoms with van der Waals surface area (Å²) in [5, 5.41) is 10.6. The Labute approximate surface area is 127 Å². The summed E-state index contributed by atoms with van der Waals surface area (Å²) in [5.41, 5.74) is -0.823. The van der Waals surface area contributed by atoms with E-state index in [4.69, 9.17) is 4.74 Å². The third-order valence-corrected chi connectivity index (χ3v) is 5.07. The Hall–Kier alpha value is -1.28. The Morgan fingerprint density at radius 2 is 2.38 bits per heavy atom. The van der Waals surface area contributed by atoms with Gasteiger partial charge in [0.15, 0.2) is 5.16 Å². The van der Waals surface area contributed by atoms with E-state index in [1.165, 1.54) is 16.3 Å². The van der Waals surface area contributed by atoms with Gasteiger partial charge < -0.3 is 10.1 Å². The van der Waals surface area contributed by atoms with Crippen LogP contribution in [0.25, 0.3) is 0 Å². The van der Waals surface area contributed by atoms with Gasteiger partial charge in [0.2, 0.25) is 0 Å². The Bertz CT molecular complexity index is 556. The number of hydrogen-bond donors (Lipinski definition) is 2. The van der Waals surface area contributed by atoms with Crippen molar-refractivity contribution in [1.82, 2.24) is 20.1 Å². The van der Waals surface area contributed by atoms with Gasteiger partial charge in [-0.05, 0) is 32.7 Å². The quantitative estimate of drug-likeness (QED) is 0.750. The molecule has 7 nitrogen and oxygen atoms in total. The topological polar surface area (TPSA) is 89.0 Å². The largest absolute Gasteiger partial charge is 0.465 e. The van der Waals surface area contributed by atoms with Crippen LogP contribution in [0.15, 0.2) is 9.95 Å². The van der Waals surface area contributed by atoms with E-state index >= 15 is 0 Å². The van der Waals surface area contributed by atoms with Gasteiger partial charge in [0.05, 0.1) is 6.61 Å². The summed E-state index contributed by atoms with van der Waals surface area (Å²) in [4.78, 5) is 23.6. The van der Waals surface area contributed by atoms with Crippen molar-refractivity contribution in [2.45, 2.75) is 49.1 Å². The second-order valence-corrected chi connectivity index (χ2v) is 6.45. The minimum absolute atomic E-state index is 0.175. The predicted octanol–water partition coefficient (Wildman–Crippen LogP) is 0.664. The molecule has 1 aromatic rings. The van der Waals surface area contributed by atoms with E-state index in [0.717, 1.165) is 19.4 Å². The van der Waals surface area contributed by atoms with Gasteiger partial charge in [-0.3, -0.25) is 9.36 Å². The summed E-state index contributed by atoms with van der Waals surface area (Å²) in [7, 11) is 1.69. The van der Waals surface area contributed by atoms with E-state index in [1.54, 1.807) is 7.05 Å². The molecular formula is C13H22N4O3S. The molecule has 0 bridgehead atoms. The second-order valence-electron chi connectivity index (χ2n) is 5.19. The van der Waals surface area contributed by atoms with Gasteiger partial charge in [0, 0.05) is 12.3 Å². The molecule has 1 aliphatic carbocycles. The summed E-state index contributed by atoms with van der Waals surface area (Å²) in [5.74, 6) is -0.175. The lowest BCUT2D eigenvalue weighted by Crippen LogP contribution is -2.51. The highest BCUT2D eigenvalue weighted by molar-refractivity contribution is 7.99. The average molecular weight is 314 g/mol. The minimum atomic E-state index is -0.600. The monoisotopic (exact) mass is 314 g/mol. The number of carbonyl (C=O) groups is 1. The van der Waals surface area contributed by atoms with Crippen LogP contribution in [-0.4, -0.2) is 44.7 Å². The molecule has 2 rings (SSSR count). The molecule has 0 saturated heterocycles. The van der Waals surface area contributed by atoms with E-state index in [-0.39, 0.29) is 16.9 Å². The lowest BCUT2D eigenvalue weighted by molar-refractivity contribution is -0.151. The molecule has 2 N–H and O–H groups in total. The maximum atomic E-state index is 12.3. The Balaban J connectivity index is 2.07. The maximum Gasteiger partial charge on any atom is 0.343 e. The molecule has 0 spiro atoms. The molecule has 1 aliphatic rings. The Kier molecular flexibility index (Phi) is 5.10. The van der Waals surface area contributed by atoms with Crippen molar-refractivity contribution in [3.05, 3.63) is 10.5 Å². The number of H-pyrrole nitrogens is 1. The normalized spacial score (nSPS) is 25.2. The molecule has 2 atom stereocenters. The first-order valence-electron chi connectivity index (χ1n) is 7.22. The van der Waals surface area contributed by atoms with Crippen LogP contribution in [0.5, 0.6) is 0 Å². The fourth-order valence-electron chi connectivity index (χ4n) is 2.71. The van der Waals surface area contributed by atoms with Crippen molar-refractivity contribution in [3.63, 3.8) is 0 Å². The van der Waals surface area contributed by atoms with Crippen molar-refractivity contribution in [1.29, 1.82) is 0 Å². The highest BCUT2D eigenvalue weighted by atomic mass is 32.2. The summed E-state index contributed by atoms with van der Waals surface area (Å²) in [6.07, 6.45) is 2.32.